The van der Waals surface area contributed by atoms with Crippen molar-refractivity contribution >= 4 is 29.9 Å². The largest absolute Gasteiger partial charge is 0.496 e. The van der Waals surface area contributed by atoms with Crippen molar-refractivity contribution < 1.29 is 14.3 Å². The van der Waals surface area contributed by atoms with Gasteiger partial charge in [-0.2, -0.15) is 5.10 Å². The van der Waals surface area contributed by atoms with Gasteiger partial charge in [-0.1, -0.05) is 18.2 Å². The average molecular weight is 317 g/mol. The molecule has 7 heteroatoms. The molecule has 2 amide bonds. The summed E-state index contributed by atoms with van der Waals surface area (Å²) in [5.74, 6) is -0.428. The number of hydrogen-bond acceptors (Lipinski definition) is 5. The summed E-state index contributed by atoms with van der Waals surface area (Å²) in [5, 5.41) is 7.87. The molecule has 0 bridgehead atoms. The maximum Gasteiger partial charge on any atom is 0.268 e. The first-order chi connectivity index (χ1) is 10.7. The predicted octanol–water partition coefficient (Wildman–Crippen LogP) is 1.96. The fourth-order valence-electron chi connectivity index (χ4n) is 1.90. The number of nitrogens with one attached hydrogen (secondary N) is 2. The average Bonchev–Trinajstić information content (AvgIpc) is 3.06. The molecule has 114 valence electrons. The highest BCUT2D eigenvalue weighted by atomic mass is 32.1. The van der Waals surface area contributed by atoms with Gasteiger partial charge in [0.05, 0.1) is 12.7 Å². The van der Waals surface area contributed by atoms with Crippen LogP contribution in [0.1, 0.15) is 21.3 Å². The summed E-state index contributed by atoms with van der Waals surface area (Å²) in [6.45, 7) is 3.22. The van der Waals surface area contributed by atoms with E-state index < -0.39 is 17.9 Å². The second-order valence-electron chi connectivity index (χ2n) is 4.26. The number of carbonyl (C=O) groups excluding carboxylic acids is 2. The summed E-state index contributed by atoms with van der Waals surface area (Å²) in [6.07, 6.45) is 0. The summed E-state index contributed by atoms with van der Waals surface area (Å²) in [7, 11) is 1.48. The van der Waals surface area contributed by atoms with Crippen LogP contribution in [0.2, 0.25) is 0 Å². The molecule has 0 aliphatic heterocycles. The van der Waals surface area contributed by atoms with E-state index in [4.69, 9.17) is 4.74 Å². The number of para-hydroxylation sites is 1. The van der Waals surface area contributed by atoms with E-state index in [0.29, 0.717) is 16.2 Å². The van der Waals surface area contributed by atoms with Gasteiger partial charge in [0, 0.05) is 11.6 Å². The Morgan fingerprint density at radius 2 is 2.05 bits per heavy atom. The molecule has 1 aromatic carbocycles. The van der Waals surface area contributed by atoms with Gasteiger partial charge in [0.2, 0.25) is 0 Å². The highest BCUT2D eigenvalue weighted by Gasteiger charge is 2.25. The number of carbonyl (C=O) groups is 2. The third kappa shape index (κ3) is 3.50. The molecule has 0 spiro atoms. The van der Waals surface area contributed by atoms with Gasteiger partial charge in [-0.05, 0) is 23.6 Å². The van der Waals surface area contributed by atoms with Gasteiger partial charge in [0.25, 0.3) is 11.8 Å². The van der Waals surface area contributed by atoms with Crippen LogP contribution in [0.4, 0.5) is 0 Å². The maximum atomic E-state index is 12.4. The van der Waals surface area contributed by atoms with Crippen LogP contribution in [0.25, 0.3) is 0 Å². The third-order valence-corrected chi connectivity index (χ3v) is 3.84. The van der Waals surface area contributed by atoms with Crippen molar-refractivity contribution in [3.05, 3.63) is 52.2 Å². The zero-order valence-corrected chi connectivity index (χ0v) is 12.7. The lowest BCUT2D eigenvalue weighted by Gasteiger charge is -2.16. The van der Waals surface area contributed by atoms with Crippen LogP contribution < -0.4 is 15.5 Å². The summed E-state index contributed by atoms with van der Waals surface area (Å²) in [6, 6.07) is 9.52. The Kier molecular flexibility index (Phi) is 5.26. The minimum Gasteiger partial charge on any atom is -0.496 e. The predicted molar refractivity (Wildman–Crippen MR) is 85.2 cm³/mol. The second kappa shape index (κ2) is 7.37. The lowest BCUT2D eigenvalue weighted by molar-refractivity contribution is -0.123. The van der Waals surface area contributed by atoms with Crippen molar-refractivity contribution in [3.63, 3.8) is 0 Å². The molecule has 0 aliphatic carbocycles. The molecule has 2 N–H and O–H groups in total. The smallest absolute Gasteiger partial charge is 0.268 e. The monoisotopic (exact) mass is 317 g/mol. The Morgan fingerprint density at radius 1 is 1.27 bits per heavy atom. The van der Waals surface area contributed by atoms with Gasteiger partial charge in [-0.15, -0.1) is 11.3 Å². The van der Waals surface area contributed by atoms with E-state index in [9.17, 15) is 9.59 Å². The van der Waals surface area contributed by atoms with Gasteiger partial charge in [-0.25, -0.2) is 5.43 Å². The lowest BCUT2D eigenvalue weighted by atomic mass is 10.1. The molecule has 22 heavy (non-hydrogen) atoms. The first-order valence-electron chi connectivity index (χ1n) is 6.40. The van der Waals surface area contributed by atoms with Crippen LogP contribution in [0, 0.1) is 0 Å². The molecule has 0 saturated heterocycles. The molecule has 2 rings (SSSR count). The highest BCUT2D eigenvalue weighted by molar-refractivity contribution is 7.10. The third-order valence-electron chi connectivity index (χ3n) is 2.91. The van der Waals surface area contributed by atoms with Gasteiger partial charge in [0.15, 0.2) is 0 Å². The zero-order valence-electron chi connectivity index (χ0n) is 11.9. The minimum atomic E-state index is -0.845. The second-order valence-corrected chi connectivity index (χ2v) is 5.24. The van der Waals surface area contributed by atoms with E-state index in [1.54, 1.807) is 36.4 Å². The summed E-state index contributed by atoms with van der Waals surface area (Å²) < 4.78 is 5.16. The van der Waals surface area contributed by atoms with Crippen molar-refractivity contribution in [1.82, 2.24) is 10.7 Å². The van der Waals surface area contributed by atoms with Crippen LogP contribution in [-0.4, -0.2) is 25.6 Å². The van der Waals surface area contributed by atoms with Crippen molar-refractivity contribution in [2.75, 3.05) is 7.11 Å². The topological polar surface area (TPSA) is 79.8 Å². The van der Waals surface area contributed by atoms with E-state index in [1.807, 2.05) is 5.38 Å². The first-order valence-corrected chi connectivity index (χ1v) is 7.28. The molecule has 1 unspecified atom stereocenters. The van der Waals surface area contributed by atoms with Crippen molar-refractivity contribution in [3.8, 4) is 5.75 Å². The van der Waals surface area contributed by atoms with E-state index in [1.165, 1.54) is 18.4 Å². The van der Waals surface area contributed by atoms with Crippen LogP contribution in [0.15, 0.2) is 46.9 Å². The van der Waals surface area contributed by atoms with Crippen molar-refractivity contribution in [2.24, 2.45) is 5.10 Å². The molecule has 0 saturated carbocycles. The Hall–Kier alpha value is -2.67. The van der Waals surface area contributed by atoms with Crippen LogP contribution in [0.5, 0.6) is 5.75 Å². The minimum absolute atomic E-state index is 0.353. The van der Waals surface area contributed by atoms with E-state index in [0.717, 1.165) is 0 Å². The van der Waals surface area contributed by atoms with Crippen molar-refractivity contribution in [2.45, 2.75) is 6.04 Å². The molecule has 2 aromatic rings. The van der Waals surface area contributed by atoms with E-state index in [2.05, 4.69) is 22.6 Å². The molecular formula is C15H15N3O3S. The Balaban J connectivity index is 2.25. The number of amides is 2. The van der Waals surface area contributed by atoms with Gasteiger partial charge >= 0.3 is 0 Å². The van der Waals surface area contributed by atoms with Crippen LogP contribution in [0.3, 0.4) is 0 Å². The number of thiophene rings is 1. The molecule has 0 fully saturated rings. The molecule has 1 heterocycles. The molecule has 1 aromatic heterocycles. The number of hydrazone groups is 1. The number of hydrogen-bond donors (Lipinski definition) is 2. The molecular weight excluding hydrogens is 302 g/mol. The number of rotatable bonds is 6. The van der Waals surface area contributed by atoms with Crippen molar-refractivity contribution in [1.29, 1.82) is 0 Å². The van der Waals surface area contributed by atoms with E-state index >= 15 is 0 Å². The van der Waals surface area contributed by atoms with Gasteiger partial charge in [0.1, 0.15) is 11.8 Å². The van der Waals surface area contributed by atoms with Crippen LogP contribution >= 0.6 is 11.3 Å². The summed E-state index contributed by atoms with van der Waals surface area (Å²) >= 11 is 1.36. The Labute approximate surface area is 131 Å². The fraction of sp³-hybridized carbons (Fsp3) is 0.133. The summed E-state index contributed by atoms with van der Waals surface area (Å²) in [5.41, 5.74) is 2.61. The normalized spacial score (nSPS) is 11.3. The quantitative estimate of drug-likeness (QED) is 0.631. The van der Waals surface area contributed by atoms with Gasteiger partial charge in [-0.3, -0.25) is 9.59 Å². The molecule has 0 radical (unpaired) electrons. The maximum absolute atomic E-state index is 12.4. The zero-order chi connectivity index (χ0) is 15.9. The molecule has 6 nitrogen and oxygen atoms in total. The number of nitrogens with zero attached hydrogens (tertiary/aromatic N) is 1. The number of methoxy groups -OCH3 is 1. The highest BCUT2D eigenvalue weighted by Crippen LogP contribution is 2.22. The van der Waals surface area contributed by atoms with E-state index in [-0.39, 0.29) is 0 Å². The van der Waals surface area contributed by atoms with Gasteiger partial charge < -0.3 is 10.1 Å². The molecule has 1 atom stereocenters. The number of benzene rings is 1. The standard InChI is InChI=1S/C15H15N3O3S/c1-16-18-15(20)13(12-8-5-9-22-12)17-14(19)10-6-3-4-7-11(10)21-2/h3-9,13H,1H2,2H3,(H,17,19)(H,18,20). The number of ether oxygens (including phenoxy) is 1. The molecule has 0 aliphatic rings. The Morgan fingerprint density at radius 3 is 2.68 bits per heavy atom. The Bertz CT molecular complexity index is 670. The lowest BCUT2D eigenvalue weighted by Crippen LogP contribution is -2.38. The first kappa shape index (κ1) is 15.7. The van der Waals surface area contributed by atoms with Crippen LogP contribution in [-0.2, 0) is 4.79 Å². The SMILES string of the molecule is C=NNC(=O)C(NC(=O)c1ccccc1OC)c1cccs1. The fourth-order valence-corrected chi connectivity index (χ4v) is 2.68. The summed E-state index contributed by atoms with van der Waals surface area (Å²) in [4.78, 5) is 25.2.